The number of anilines is 1. The number of amides is 1. The third kappa shape index (κ3) is 8.38. The molecular weight excluding hydrogens is 494 g/mol. The van der Waals surface area contributed by atoms with Crippen LogP contribution in [0.5, 0.6) is 0 Å². The average molecular weight is 546 g/mol. The largest absolute Gasteiger partial charge is 0.400 e. The molecule has 4 nitrogen and oxygen atoms in total. The molecule has 2 N–H and O–H groups in total. The van der Waals surface area contributed by atoms with Crippen LogP contribution in [-0.4, -0.2) is 30.3 Å². The number of fused-ring (bicyclic) bond motifs is 1. The van der Waals surface area contributed by atoms with Crippen molar-refractivity contribution < 1.29 is 15.0 Å². The standard InChI is InChI=1S/C26H19NO.4C2H6.2CH4O/c28-25-23-18-10-11-19-24(23)26(20-12-4-1-5-13-20,21-14-6-2-7-15-21)27(25)22-16-8-3-9-17-22;6*1-2/h1-19H;4*1-2H3;2*2H,1H3. The fourth-order valence-corrected chi connectivity index (χ4v) is 4.36. The zero-order valence-electron chi connectivity index (χ0n) is 26.2. The van der Waals surface area contributed by atoms with E-state index in [1.165, 1.54) is 0 Å². The van der Waals surface area contributed by atoms with Gasteiger partial charge in [0.25, 0.3) is 5.91 Å². The van der Waals surface area contributed by atoms with E-state index in [1.54, 1.807) is 0 Å². The molecule has 1 heterocycles. The zero-order valence-corrected chi connectivity index (χ0v) is 26.2. The number of aliphatic hydroxyl groups excluding tert-OH is 2. The lowest BCUT2D eigenvalue weighted by Crippen LogP contribution is -2.46. The van der Waals surface area contributed by atoms with Crippen molar-refractivity contribution in [3.05, 3.63) is 138 Å². The smallest absolute Gasteiger partial charge is 0.260 e. The molecule has 1 amide bonds. The highest BCUT2D eigenvalue weighted by atomic mass is 16.2. The number of aliphatic hydroxyl groups is 2. The molecule has 218 valence electrons. The number of carbonyl (C=O) groups excluding carboxylic acids is 1. The van der Waals surface area contributed by atoms with Crippen molar-refractivity contribution in [2.24, 2.45) is 0 Å². The molecule has 0 saturated carbocycles. The summed E-state index contributed by atoms with van der Waals surface area (Å²) in [6, 6.07) is 38.5. The van der Waals surface area contributed by atoms with Crippen molar-refractivity contribution in [3.63, 3.8) is 0 Å². The van der Waals surface area contributed by atoms with Gasteiger partial charge >= 0.3 is 0 Å². The molecule has 4 heteroatoms. The zero-order chi connectivity index (χ0) is 31.0. The summed E-state index contributed by atoms with van der Waals surface area (Å²) in [6.07, 6.45) is 0. The molecule has 0 saturated heterocycles. The molecule has 0 spiro atoms. The second-order valence-corrected chi connectivity index (χ2v) is 6.96. The number of para-hydroxylation sites is 1. The Morgan fingerprint density at radius 1 is 0.475 bits per heavy atom. The Balaban J connectivity index is 0. The SMILES string of the molecule is CC.CC.CC.CC.CO.CO.O=C1c2ccccc2C(c2ccccc2)(c2ccccc2)N1c1ccccc1. The normalized spacial score (nSPS) is 11.2. The lowest BCUT2D eigenvalue weighted by atomic mass is 9.77. The number of carbonyl (C=O) groups is 1. The van der Waals surface area contributed by atoms with Crippen LogP contribution in [0.4, 0.5) is 5.69 Å². The highest BCUT2D eigenvalue weighted by Gasteiger charge is 2.52. The van der Waals surface area contributed by atoms with Gasteiger partial charge in [0, 0.05) is 25.5 Å². The van der Waals surface area contributed by atoms with Gasteiger partial charge in [0.2, 0.25) is 0 Å². The van der Waals surface area contributed by atoms with Gasteiger partial charge in [-0.25, -0.2) is 0 Å². The summed E-state index contributed by atoms with van der Waals surface area (Å²) in [6.45, 7) is 16.0. The lowest BCUT2D eigenvalue weighted by molar-refractivity contribution is 0.0986. The molecule has 0 radical (unpaired) electrons. The number of nitrogens with zero attached hydrogens (tertiary/aromatic N) is 1. The molecule has 0 aliphatic carbocycles. The first kappa shape index (κ1) is 38.4. The van der Waals surface area contributed by atoms with E-state index in [9.17, 15) is 4.79 Å². The van der Waals surface area contributed by atoms with Crippen LogP contribution < -0.4 is 4.90 Å². The van der Waals surface area contributed by atoms with Crippen molar-refractivity contribution in [2.45, 2.75) is 60.9 Å². The van der Waals surface area contributed by atoms with Crippen molar-refractivity contribution in [2.75, 3.05) is 19.1 Å². The Hall–Kier alpha value is -3.73. The maximum Gasteiger partial charge on any atom is 0.260 e. The van der Waals surface area contributed by atoms with E-state index >= 15 is 0 Å². The molecule has 40 heavy (non-hydrogen) atoms. The summed E-state index contributed by atoms with van der Waals surface area (Å²) >= 11 is 0. The first-order valence-corrected chi connectivity index (χ1v) is 14.3. The molecule has 0 aromatic heterocycles. The number of hydrogen-bond donors (Lipinski definition) is 2. The van der Waals surface area contributed by atoms with E-state index < -0.39 is 5.54 Å². The predicted molar refractivity (Wildman–Crippen MR) is 174 cm³/mol. The van der Waals surface area contributed by atoms with Gasteiger partial charge in [0.1, 0.15) is 5.54 Å². The number of rotatable bonds is 3. The van der Waals surface area contributed by atoms with Gasteiger partial charge in [-0.05, 0) is 34.9 Å². The lowest BCUT2D eigenvalue weighted by Gasteiger charge is -2.40. The molecule has 5 rings (SSSR count). The first-order chi connectivity index (χ1) is 19.8. The van der Waals surface area contributed by atoms with Gasteiger partial charge in [-0.1, -0.05) is 152 Å². The molecule has 1 aliphatic rings. The second-order valence-electron chi connectivity index (χ2n) is 6.96. The van der Waals surface area contributed by atoms with Crippen LogP contribution in [0, 0.1) is 0 Å². The van der Waals surface area contributed by atoms with Crippen molar-refractivity contribution in [1.29, 1.82) is 0 Å². The Morgan fingerprint density at radius 2 is 0.800 bits per heavy atom. The van der Waals surface area contributed by atoms with Crippen LogP contribution in [0.3, 0.4) is 0 Å². The Kier molecular flexibility index (Phi) is 22.3. The Morgan fingerprint density at radius 3 is 1.20 bits per heavy atom. The summed E-state index contributed by atoms with van der Waals surface area (Å²) in [5.41, 5.74) is 4.08. The van der Waals surface area contributed by atoms with Crippen LogP contribution in [0.25, 0.3) is 0 Å². The van der Waals surface area contributed by atoms with Gasteiger partial charge in [-0.2, -0.15) is 0 Å². The summed E-state index contributed by atoms with van der Waals surface area (Å²) in [5, 5.41) is 14.0. The third-order valence-corrected chi connectivity index (χ3v) is 5.48. The Bertz CT molecular complexity index is 1090. The number of hydrogen-bond acceptors (Lipinski definition) is 3. The molecule has 4 aromatic rings. The molecular formula is C36H51NO3. The van der Waals surface area contributed by atoms with Crippen LogP contribution in [0.1, 0.15) is 82.4 Å². The third-order valence-electron chi connectivity index (χ3n) is 5.48. The van der Waals surface area contributed by atoms with E-state index in [0.29, 0.717) is 0 Å². The molecule has 0 bridgehead atoms. The van der Waals surface area contributed by atoms with Gasteiger partial charge in [0.15, 0.2) is 0 Å². The quantitative estimate of drug-likeness (QED) is 0.270. The maximum absolute atomic E-state index is 13.7. The topological polar surface area (TPSA) is 60.8 Å². The number of benzene rings is 4. The van der Waals surface area contributed by atoms with Crippen LogP contribution in [-0.2, 0) is 5.54 Å². The first-order valence-electron chi connectivity index (χ1n) is 14.3. The van der Waals surface area contributed by atoms with E-state index in [4.69, 9.17) is 10.2 Å². The van der Waals surface area contributed by atoms with E-state index in [-0.39, 0.29) is 5.91 Å². The van der Waals surface area contributed by atoms with Crippen molar-refractivity contribution in [3.8, 4) is 0 Å². The fraction of sp³-hybridized carbons (Fsp3) is 0.306. The van der Waals surface area contributed by atoms with Crippen molar-refractivity contribution >= 4 is 11.6 Å². The second kappa shape index (κ2) is 23.2. The highest BCUT2D eigenvalue weighted by molar-refractivity contribution is 6.13. The minimum atomic E-state index is -0.711. The molecule has 0 unspecified atom stereocenters. The molecule has 0 fully saturated rings. The molecule has 0 atom stereocenters. The van der Waals surface area contributed by atoms with Crippen LogP contribution in [0.15, 0.2) is 115 Å². The Labute approximate surface area is 244 Å². The molecule has 4 aromatic carbocycles. The van der Waals surface area contributed by atoms with Gasteiger partial charge in [-0.15, -0.1) is 0 Å². The van der Waals surface area contributed by atoms with Crippen LogP contribution in [0.2, 0.25) is 0 Å². The van der Waals surface area contributed by atoms with Crippen LogP contribution >= 0.6 is 0 Å². The van der Waals surface area contributed by atoms with Crippen molar-refractivity contribution in [1.82, 2.24) is 0 Å². The average Bonchev–Trinajstić information content (AvgIpc) is 3.37. The predicted octanol–water partition coefficient (Wildman–Crippen LogP) is 8.96. The summed E-state index contributed by atoms with van der Waals surface area (Å²) in [5.74, 6) is 0.0227. The van der Waals surface area contributed by atoms with E-state index in [0.717, 1.165) is 42.2 Å². The minimum absolute atomic E-state index is 0.0227. The minimum Gasteiger partial charge on any atom is -0.400 e. The van der Waals surface area contributed by atoms with Gasteiger partial charge in [0.05, 0.1) is 0 Å². The summed E-state index contributed by atoms with van der Waals surface area (Å²) in [7, 11) is 2.00. The van der Waals surface area contributed by atoms with Gasteiger partial charge in [-0.3, -0.25) is 9.69 Å². The van der Waals surface area contributed by atoms with E-state index in [1.807, 2.05) is 145 Å². The monoisotopic (exact) mass is 545 g/mol. The van der Waals surface area contributed by atoms with E-state index in [2.05, 4.69) is 30.3 Å². The summed E-state index contributed by atoms with van der Waals surface area (Å²) in [4.78, 5) is 15.6. The maximum atomic E-state index is 13.7. The highest BCUT2D eigenvalue weighted by Crippen LogP contribution is 2.50. The molecule has 1 aliphatic heterocycles. The fourth-order valence-electron chi connectivity index (χ4n) is 4.36. The summed E-state index contributed by atoms with van der Waals surface area (Å²) < 4.78 is 0. The van der Waals surface area contributed by atoms with Gasteiger partial charge < -0.3 is 10.2 Å².